The number of rotatable bonds is 4. The highest BCUT2D eigenvalue weighted by Crippen LogP contribution is 2.24. The maximum atomic E-state index is 11.8. The maximum absolute atomic E-state index is 11.8. The van der Waals surface area contributed by atoms with Crippen molar-refractivity contribution < 1.29 is 14.4 Å². The fraction of sp³-hybridized carbons (Fsp3) is 0.214. The molecule has 0 aromatic heterocycles. The predicted octanol–water partition coefficient (Wildman–Crippen LogP) is 0.0737. The molecule has 0 saturated carbocycles. The van der Waals surface area contributed by atoms with Crippen molar-refractivity contribution in [1.29, 1.82) is 0 Å². The molecule has 0 aliphatic carbocycles. The van der Waals surface area contributed by atoms with Crippen molar-refractivity contribution in [2.75, 3.05) is 25.5 Å². The zero-order chi connectivity index (χ0) is 14.7. The molecule has 2 N–H and O–H groups in total. The lowest BCUT2D eigenvalue weighted by Crippen LogP contribution is -2.28. The quantitative estimate of drug-likeness (QED) is 0.461. The minimum atomic E-state index is -0.369. The fourth-order valence-corrected chi connectivity index (χ4v) is 1.89. The smallest absolute Gasteiger partial charge is 0.261 e. The van der Waals surface area contributed by atoms with E-state index in [9.17, 15) is 14.4 Å². The summed E-state index contributed by atoms with van der Waals surface area (Å²) in [6.45, 7) is 0.378. The molecule has 0 unspecified atom stereocenters. The van der Waals surface area contributed by atoms with Crippen molar-refractivity contribution in [1.82, 2.24) is 10.2 Å². The predicted molar refractivity (Wildman–Crippen MR) is 73.2 cm³/mol. The van der Waals surface area contributed by atoms with E-state index in [1.54, 1.807) is 6.07 Å². The van der Waals surface area contributed by atoms with Gasteiger partial charge in [0.05, 0.1) is 24.2 Å². The molecule has 6 nitrogen and oxygen atoms in total. The largest absolute Gasteiger partial charge is 0.325 e. The molecule has 1 aliphatic rings. The zero-order valence-corrected chi connectivity index (χ0v) is 10.9. The number of benzene rings is 1. The second kappa shape index (κ2) is 5.55. The first-order valence-corrected chi connectivity index (χ1v) is 5.95. The van der Waals surface area contributed by atoms with E-state index in [0.29, 0.717) is 23.4 Å². The molecule has 0 spiro atoms. The number of carbonyl (C=O) groups excluding carboxylic acids is 3. The van der Waals surface area contributed by atoms with Crippen LogP contribution in [0, 0.1) is 12.3 Å². The van der Waals surface area contributed by atoms with Gasteiger partial charge in [-0.05, 0) is 18.2 Å². The summed E-state index contributed by atoms with van der Waals surface area (Å²) in [6.07, 6.45) is 5.05. The number of imide groups is 1. The van der Waals surface area contributed by atoms with Crippen molar-refractivity contribution in [3.05, 3.63) is 29.3 Å². The highest BCUT2D eigenvalue weighted by Gasteiger charge is 2.32. The number of nitrogens with zero attached hydrogens (tertiary/aromatic N) is 1. The van der Waals surface area contributed by atoms with E-state index in [2.05, 4.69) is 16.6 Å². The molecule has 1 heterocycles. The summed E-state index contributed by atoms with van der Waals surface area (Å²) in [5.74, 6) is 1.38. The molecule has 0 atom stereocenters. The lowest BCUT2D eigenvalue weighted by molar-refractivity contribution is -0.115. The molecule has 0 fully saturated rings. The molecule has 1 aromatic carbocycles. The Morgan fingerprint density at radius 2 is 2.00 bits per heavy atom. The van der Waals surface area contributed by atoms with Crippen LogP contribution in [0.3, 0.4) is 0 Å². The molecule has 102 valence electrons. The van der Waals surface area contributed by atoms with E-state index < -0.39 is 0 Å². The SMILES string of the molecule is C#CCNCC(=O)Nc1ccc2c(c1)C(=O)N(C)C2=O. The summed E-state index contributed by atoms with van der Waals surface area (Å²) < 4.78 is 0. The van der Waals surface area contributed by atoms with E-state index in [-0.39, 0.29) is 24.3 Å². The average Bonchev–Trinajstić information content (AvgIpc) is 2.64. The third kappa shape index (κ3) is 2.53. The Kier molecular flexibility index (Phi) is 3.82. The van der Waals surface area contributed by atoms with Gasteiger partial charge in [-0.25, -0.2) is 0 Å². The van der Waals surface area contributed by atoms with Crippen LogP contribution >= 0.6 is 0 Å². The Morgan fingerprint density at radius 1 is 1.30 bits per heavy atom. The second-order valence-electron chi connectivity index (χ2n) is 4.29. The highest BCUT2D eigenvalue weighted by atomic mass is 16.2. The van der Waals surface area contributed by atoms with Crippen molar-refractivity contribution in [2.24, 2.45) is 0 Å². The molecule has 20 heavy (non-hydrogen) atoms. The molecule has 0 bridgehead atoms. The molecular formula is C14H13N3O3. The van der Waals surface area contributed by atoms with Gasteiger partial charge in [0.25, 0.3) is 11.8 Å². The van der Waals surface area contributed by atoms with Crippen molar-refractivity contribution in [3.63, 3.8) is 0 Å². The molecule has 6 heteroatoms. The van der Waals surface area contributed by atoms with Crippen LogP contribution in [-0.4, -0.2) is 42.8 Å². The van der Waals surface area contributed by atoms with Crippen LogP contribution in [0.15, 0.2) is 18.2 Å². The van der Waals surface area contributed by atoms with E-state index >= 15 is 0 Å². The minimum absolute atomic E-state index is 0.0774. The maximum Gasteiger partial charge on any atom is 0.261 e. The lowest BCUT2D eigenvalue weighted by Gasteiger charge is -2.06. The van der Waals surface area contributed by atoms with E-state index in [0.717, 1.165) is 4.90 Å². The van der Waals surface area contributed by atoms with E-state index in [4.69, 9.17) is 6.42 Å². The standard InChI is InChI=1S/C14H13N3O3/c1-3-6-15-8-12(18)16-9-4-5-10-11(7-9)14(20)17(2)13(10)19/h1,4-5,7,15H,6,8H2,2H3,(H,16,18). The van der Waals surface area contributed by atoms with Gasteiger partial charge in [-0.1, -0.05) is 5.92 Å². The van der Waals surface area contributed by atoms with Gasteiger partial charge in [-0.3, -0.25) is 24.6 Å². The van der Waals surface area contributed by atoms with Crippen LogP contribution in [0.2, 0.25) is 0 Å². The average molecular weight is 271 g/mol. The van der Waals surface area contributed by atoms with Gasteiger partial charge in [0, 0.05) is 12.7 Å². The number of hydrogen-bond acceptors (Lipinski definition) is 4. The van der Waals surface area contributed by atoms with Crippen LogP contribution in [-0.2, 0) is 4.79 Å². The number of anilines is 1. The molecule has 3 amide bonds. The number of fused-ring (bicyclic) bond motifs is 1. The Morgan fingerprint density at radius 3 is 2.70 bits per heavy atom. The first kappa shape index (κ1) is 13.8. The monoisotopic (exact) mass is 271 g/mol. The molecule has 0 radical (unpaired) electrons. The van der Waals surface area contributed by atoms with Crippen LogP contribution in [0.4, 0.5) is 5.69 Å². The zero-order valence-electron chi connectivity index (χ0n) is 10.9. The van der Waals surface area contributed by atoms with Crippen molar-refractivity contribution in [2.45, 2.75) is 0 Å². The fourth-order valence-electron chi connectivity index (χ4n) is 1.89. The summed E-state index contributed by atoms with van der Waals surface area (Å²) in [4.78, 5) is 36.2. The number of carbonyl (C=O) groups is 3. The van der Waals surface area contributed by atoms with Crippen molar-refractivity contribution in [3.8, 4) is 12.3 Å². The molecule has 0 saturated heterocycles. The number of terminal acetylenes is 1. The summed E-state index contributed by atoms with van der Waals surface area (Å²) >= 11 is 0. The Hall–Kier alpha value is -2.65. The number of amides is 3. The topological polar surface area (TPSA) is 78.5 Å². The minimum Gasteiger partial charge on any atom is -0.325 e. The van der Waals surface area contributed by atoms with Crippen LogP contribution < -0.4 is 10.6 Å². The van der Waals surface area contributed by atoms with E-state index in [1.165, 1.54) is 19.2 Å². The molecule has 1 aromatic rings. The van der Waals surface area contributed by atoms with Gasteiger partial charge in [-0.2, -0.15) is 0 Å². The van der Waals surface area contributed by atoms with Crippen molar-refractivity contribution >= 4 is 23.4 Å². The number of hydrogen-bond donors (Lipinski definition) is 2. The Balaban J connectivity index is 2.10. The summed E-state index contributed by atoms with van der Waals surface area (Å²) in [7, 11) is 1.42. The summed E-state index contributed by atoms with van der Waals surface area (Å²) in [5.41, 5.74) is 1.11. The van der Waals surface area contributed by atoms with Crippen LogP contribution in [0.1, 0.15) is 20.7 Å². The van der Waals surface area contributed by atoms with E-state index in [1.807, 2.05) is 0 Å². The second-order valence-corrected chi connectivity index (χ2v) is 4.29. The molecular weight excluding hydrogens is 258 g/mol. The van der Waals surface area contributed by atoms with Crippen LogP contribution in [0.25, 0.3) is 0 Å². The first-order chi connectivity index (χ1) is 9.54. The third-order valence-corrected chi connectivity index (χ3v) is 2.89. The van der Waals surface area contributed by atoms with Gasteiger partial charge in [-0.15, -0.1) is 6.42 Å². The first-order valence-electron chi connectivity index (χ1n) is 5.95. The highest BCUT2D eigenvalue weighted by molar-refractivity contribution is 6.21. The van der Waals surface area contributed by atoms with Gasteiger partial charge >= 0.3 is 0 Å². The van der Waals surface area contributed by atoms with Gasteiger partial charge in [0.15, 0.2) is 0 Å². The van der Waals surface area contributed by atoms with Gasteiger partial charge < -0.3 is 5.32 Å². The summed E-state index contributed by atoms with van der Waals surface area (Å²) in [6, 6.07) is 4.62. The van der Waals surface area contributed by atoms with Crippen LogP contribution in [0.5, 0.6) is 0 Å². The van der Waals surface area contributed by atoms with Gasteiger partial charge in [0.2, 0.25) is 5.91 Å². The lowest BCUT2D eigenvalue weighted by atomic mass is 10.1. The molecule has 1 aliphatic heterocycles. The Labute approximate surface area is 116 Å². The Bertz CT molecular complexity index is 631. The molecule has 2 rings (SSSR count). The third-order valence-electron chi connectivity index (χ3n) is 2.89. The normalized spacial score (nSPS) is 13.1. The number of nitrogens with one attached hydrogen (secondary N) is 2. The van der Waals surface area contributed by atoms with Gasteiger partial charge in [0.1, 0.15) is 0 Å². The summed E-state index contributed by atoms with van der Waals surface area (Å²) in [5, 5.41) is 5.38.